The molecule has 0 unspecified atom stereocenters. The minimum absolute atomic E-state index is 0.233. The van der Waals surface area contributed by atoms with E-state index in [0.29, 0.717) is 18.2 Å². The SMILES string of the molecule is CC[C@H](O)[C@H](N)c1cc(C(F)(F)F)ccc1F. The van der Waals surface area contributed by atoms with Crippen LogP contribution in [-0.4, -0.2) is 11.2 Å². The fourth-order valence-corrected chi connectivity index (χ4v) is 1.44. The predicted molar refractivity (Wildman–Crippen MR) is 54.6 cm³/mol. The van der Waals surface area contributed by atoms with Gasteiger partial charge in [-0.2, -0.15) is 13.2 Å². The first-order chi connectivity index (χ1) is 7.77. The molecule has 0 bridgehead atoms. The molecular weight excluding hydrogens is 238 g/mol. The number of alkyl halides is 3. The van der Waals surface area contributed by atoms with E-state index < -0.39 is 29.7 Å². The van der Waals surface area contributed by atoms with Crippen LogP contribution in [0.2, 0.25) is 0 Å². The van der Waals surface area contributed by atoms with Crippen molar-refractivity contribution in [1.82, 2.24) is 0 Å². The lowest BCUT2D eigenvalue weighted by atomic mass is 9.98. The quantitative estimate of drug-likeness (QED) is 0.811. The molecule has 0 saturated heterocycles. The highest BCUT2D eigenvalue weighted by molar-refractivity contribution is 5.29. The number of nitrogens with two attached hydrogens (primary N) is 1. The molecule has 0 radical (unpaired) electrons. The largest absolute Gasteiger partial charge is 0.416 e. The van der Waals surface area contributed by atoms with E-state index in [4.69, 9.17) is 5.73 Å². The zero-order chi connectivity index (χ0) is 13.2. The van der Waals surface area contributed by atoms with Crippen LogP contribution < -0.4 is 5.73 Å². The van der Waals surface area contributed by atoms with Crippen LogP contribution in [0.5, 0.6) is 0 Å². The van der Waals surface area contributed by atoms with Crippen LogP contribution >= 0.6 is 0 Å². The lowest BCUT2D eigenvalue weighted by Crippen LogP contribution is -2.26. The molecule has 96 valence electrons. The predicted octanol–water partition coefficient (Wildman–Crippen LogP) is 2.62. The second-order valence-corrected chi connectivity index (χ2v) is 3.74. The smallest absolute Gasteiger partial charge is 0.391 e. The zero-order valence-electron chi connectivity index (χ0n) is 9.13. The van der Waals surface area contributed by atoms with E-state index in [0.717, 1.165) is 0 Å². The second kappa shape index (κ2) is 5.01. The van der Waals surface area contributed by atoms with E-state index in [2.05, 4.69) is 0 Å². The summed E-state index contributed by atoms with van der Waals surface area (Å²) >= 11 is 0. The molecule has 0 saturated carbocycles. The first-order valence-electron chi connectivity index (χ1n) is 5.07. The Morgan fingerprint density at radius 2 is 1.94 bits per heavy atom. The van der Waals surface area contributed by atoms with Gasteiger partial charge in [-0.15, -0.1) is 0 Å². The third kappa shape index (κ3) is 3.17. The van der Waals surface area contributed by atoms with Gasteiger partial charge in [0.05, 0.1) is 17.7 Å². The molecule has 6 heteroatoms. The van der Waals surface area contributed by atoms with Crippen molar-refractivity contribution in [2.24, 2.45) is 5.73 Å². The number of aliphatic hydroxyl groups is 1. The summed E-state index contributed by atoms with van der Waals surface area (Å²) in [5, 5.41) is 9.43. The van der Waals surface area contributed by atoms with E-state index >= 15 is 0 Å². The van der Waals surface area contributed by atoms with Gasteiger partial charge in [-0.3, -0.25) is 0 Å². The lowest BCUT2D eigenvalue weighted by Gasteiger charge is -2.19. The summed E-state index contributed by atoms with van der Waals surface area (Å²) in [4.78, 5) is 0. The van der Waals surface area contributed by atoms with Crippen molar-refractivity contribution < 1.29 is 22.7 Å². The monoisotopic (exact) mass is 251 g/mol. The van der Waals surface area contributed by atoms with Crippen LogP contribution in [0.25, 0.3) is 0 Å². The van der Waals surface area contributed by atoms with Crippen LogP contribution in [0.1, 0.15) is 30.5 Å². The van der Waals surface area contributed by atoms with Gasteiger partial charge in [-0.25, -0.2) is 4.39 Å². The summed E-state index contributed by atoms with van der Waals surface area (Å²) < 4.78 is 50.6. The number of halogens is 4. The zero-order valence-corrected chi connectivity index (χ0v) is 9.13. The van der Waals surface area contributed by atoms with Crippen molar-refractivity contribution in [1.29, 1.82) is 0 Å². The van der Waals surface area contributed by atoms with Gasteiger partial charge < -0.3 is 10.8 Å². The topological polar surface area (TPSA) is 46.2 Å². The molecule has 17 heavy (non-hydrogen) atoms. The standard InChI is InChI=1S/C11H13F4NO/c1-2-9(17)10(16)7-5-6(11(13,14)15)3-4-8(7)12/h3-5,9-10,17H,2,16H2,1H3/t9-,10+/m0/s1. The third-order valence-electron chi connectivity index (χ3n) is 2.52. The Labute approximate surface area is 96.1 Å². The molecule has 0 aliphatic heterocycles. The molecule has 0 heterocycles. The molecule has 2 atom stereocenters. The number of aliphatic hydroxyl groups excluding tert-OH is 1. The van der Waals surface area contributed by atoms with Gasteiger partial charge in [0.2, 0.25) is 0 Å². The first kappa shape index (κ1) is 13.9. The molecule has 0 aromatic heterocycles. The van der Waals surface area contributed by atoms with Gasteiger partial charge in [0.25, 0.3) is 0 Å². The number of rotatable bonds is 3. The molecule has 2 nitrogen and oxygen atoms in total. The lowest BCUT2D eigenvalue weighted by molar-refractivity contribution is -0.137. The minimum atomic E-state index is -4.56. The van der Waals surface area contributed by atoms with Gasteiger partial charge >= 0.3 is 6.18 Å². The van der Waals surface area contributed by atoms with Gasteiger partial charge in [0.1, 0.15) is 5.82 Å². The average Bonchev–Trinajstić information content (AvgIpc) is 2.26. The molecule has 0 amide bonds. The number of hydrogen-bond donors (Lipinski definition) is 2. The summed E-state index contributed by atoms with van der Waals surface area (Å²) in [5.74, 6) is -0.849. The van der Waals surface area contributed by atoms with E-state index in [9.17, 15) is 22.7 Å². The van der Waals surface area contributed by atoms with Crippen molar-refractivity contribution in [2.75, 3.05) is 0 Å². The van der Waals surface area contributed by atoms with E-state index in [1.165, 1.54) is 0 Å². The van der Waals surface area contributed by atoms with Crippen LogP contribution in [-0.2, 0) is 6.18 Å². The molecule has 1 aromatic carbocycles. The molecule has 3 N–H and O–H groups in total. The van der Waals surface area contributed by atoms with Crippen molar-refractivity contribution in [3.63, 3.8) is 0 Å². The fourth-order valence-electron chi connectivity index (χ4n) is 1.44. The Balaban J connectivity index is 3.15. The summed E-state index contributed by atoms with van der Waals surface area (Å²) in [7, 11) is 0. The Morgan fingerprint density at radius 3 is 2.41 bits per heavy atom. The highest BCUT2D eigenvalue weighted by Gasteiger charge is 2.32. The maximum Gasteiger partial charge on any atom is 0.416 e. The molecule has 1 aromatic rings. The summed E-state index contributed by atoms with van der Waals surface area (Å²) in [5.41, 5.74) is 4.20. The van der Waals surface area contributed by atoms with Crippen LogP contribution in [0.15, 0.2) is 18.2 Å². The number of benzene rings is 1. The van der Waals surface area contributed by atoms with Gasteiger partial charge in [-0.1, -0.05) is 6.92 Å². The van der Waals surface area contributed by atoms with E-state index in [1.54, 1.807) is 6.92 Å². The van der Waals surface area contributed by atoms with Crippen LogP contribution in [0.4, 0.5) is 17.6 Å². The molecular formula is C11H13F4NO. The Hall–Kier alpha value is -1.14. The fraction of sp³-hybridized carbons (Fsp3) is 0.455. The Morgan fingerprint density at radius 1 is 1.35 bits per heavy atom. The van der Waals surface area contributed by atoms with Crippen molar-refractivity contribution in [2.45, 2.75) is 31.7 Å². The van der Waals surface area contributed by atoms with E-state index in [1.807, 2.05) is 0 Å². The highest BCUT2D eigenvalue weighted by atomic mass is 19.4. The van der Waals surface area contributed by atoms with Gasteiger partial charge in [-0.05, 0) is 24.6 Å². The normalized spacial score (nSPS) is 15.7. The second-order valence-electron chi connectivity index (χ2n) is 3.74. The van der Waals surface area contributed by atoms with E-state index in [-0.39, 0.29) is 12.0 Å². The summed E-state index contributed by atoms with van der Waals surface area (Å²) in [6.07, 6.45) is -5.40. The first-order valence-corrected chi connectivity index (χ1v) is 5.07. The van der Waals surface area contributed by atoms with Crippen molar-refractivity contribution >= 4 is 0 Å². The highest BCUT2D eigenvalue weighted by Crippen LogP contribution is 2.32. The summed E-state index contributed by atoms with van der Waals surface area (Å²) in [6, 6.07) is 0.825. The average molecular weight is 251 g/mol. The molecule has 0 aliphatic rings. The summed E-state index contributed by atoms with van der Waals surface area (Å²) in [6.45, 7) is 1.61. The maximum absolute atomic E-state index is 13.3. The molecule has 0 aliphatic carbocycles. The van der Waals surface area contributed by atoms with Gasteiger partial charge in [0, 0.05) is 5.56 Å². The Bertz CT molecular complexity index is 392. The Kier molecular flexibility index (Phi) is 4.11. The maximum atomic E-state index is 13.3. The third-order valence-corrected chi connectivity index (χ3v) is 2.52. The molecule has 0 fully saturated rings. The van der Waals surface area contributed by atoms with Gasteiger partial charge in [0.15, 0.2) is 0 Å². The number of hydrogen-bond acceptors (Lipinski definition) is 2. The van der Waals surface area contributed by atoms with Crippen LogP contribution in [0, 0.1) is 5.82 Å². The van der Waals surface area contributed by atoms with Crippen LogP contribution in [0.3, 0.4) is 0 Å². The molecule has 0 spiro atoms. The van der Waals surface area contributed by atoms with Crippen molar-refractivity contribution in [3.05, 3.63) is 35.1 Å². The molecule has 1 rings (SSSR count). The van der Waals surface area contributed by atoms with Crippen molar-refractivity contribution in [3.8, 4) is 0 Å². The minimum Gasteiger partial charge on any atom is -0.391 e.